The lowest BCUT2D eigenvalue weighted by Crippen LogP contribution is -2.30. The van der Waals surface area contributed by atoms with Crippen LogP contribution in [0.4, 0.5) is 0 Å². The van der Waals surface area contributed by atoms with E-state index in [-0.39, 0.29) is 23.9 Å². The number of sulfonamides is 1. The van der Waals surface area contributed by atoms with Gasteiger partial charge in [-0.05, 0) is 36.8 Å². The van der Waals surface area contributed by atoms with Crippen molar-refractivity contribution in [3.8, 4) is 0 Å². The van der Waals surface area contributed by atoms with E-state index in [0.29, 0.717) is 5.56 Å². The summed E-state index contributed by atoms with van der Waals surface area (Å²) in [6, 6.07) is 9.39. The zero-order chi connectivity index (χ0) is 17.6. The number of aliphatic hydroxyl groups excluding tert-OH is 1. The third-order valence-electron chi connectivity index (χ3n) is 3.20. The number of carbonyl (C=O) groups excluding carboxylic acids is 1. The second-order valence-electron chi connectivity index (χ2n) is 5.26. The molecule has 0 aliphatic heterocycles. The number of rotatable bonds is 7. The highest BCUT2D eigenvalue weighted by Gasteiger charge is 2.14. The van der Waals surface area contributed by atoms with Crippen LogP contribution < -0.4 is 10.0 Å². The van der Waals surface area contributed by atoms with Crippen molar-refractivity contribution in [2.75, 3.05) is 6.54 Å². The molecule has 0 spiro atoms. The van der Waals surface area contributed by atoms with Crippen LogP contribution in [-0.2, 0) is 16.6 Å². The number of nitrogens with zero attached hydrogens (tertiary/aromatic N) is 1. The Morgan fingerprint density at radius 2 is 1.79 bits per heavy atom. The third kappa shape index (κ3) is 5.12. The highest BCUT2D eigenvalue weighted by Crippen LogP contribution is 2.10. The van der Waals surface area contributed by atoms with Crippen LogP contribution in [0, 0.1) is 0 Å². The Bertz CT molecular complexity index is 775. The number of amides is 1. The molecule has 1 aromatic heterocycles. The van der Waals surface area contributed by atoms with Crippen LogP contribution in [0.15, 0.2) is 53.7 Å². The van der Waals surface area contributed by atoms with Gasteiger partial charge in [-0.15, -0.1) is 0 Å². The highest BCUT2D eigenvalue weighted by molar-refractivity contribution is 7.89. The fraction of sp³-hybridized carbons (Fsp3) is 0.250. The van der Waals surface area contributed by atoms with Crippen LogP contribution in [0.3, 0.4) is 0 Å². The molecule has 0 fully saturated rings. The molecule has 3 N–H and O–H groups in total. The maximum absolute atomic E-state index is 12.0. The Morgan fingerprint density at radius 1 is 1.17 bits per heavy atom. The second kappa shape index (κ2) is 8.00. The van der Waals surface area contributed by atoms with E-state index in [1.54, 1.807) is 24.3 Å². The topological polar surface area (TPSA) is 108 Å². The molecule has 2 aromatic rings. The lowest BCUT2D eigenvalue weighted by Gasteiger charge is -2.09. The minimum atomic E-state index is -3.65. The minimum Gasteiger partial charge on any atom is -0.392 e. The molecule has 0 saturated carbocycles. The van der Waals surface area contributed by atoms with Crippen LogP contribution in [-0.4, -0.2) is 37.1 Å². The Morgan fingerprint density at radius 3 is 2.38 bits per heavy atom. The molecule has 128 valence electrons. The summed E-state index contributed by atoms with van der Waals surface area (Å²) < 4.78 is 26.3. The first kappa shape index (κ1) is 18.1. The molecule has 1 atom stereocenters. The quantitative estimate of drug-likeness (QED) is 0.681. The first-order chi connectivity index (χ1) is 11.4. The molecule has 1 aromatic carbocycles. The van der Waals surface area contributed by atoms with Gasteiger partial charge < -0.3 is 10.4 Å². The molecular weight excluding hydrogens is 330 g/mol. The van der Waals surface area contributed by atoms with Crippen molar-refractivity contribution in [3.63, 3.8) is 0 Å². The van der Waals surface area contributed by atoms with Crippen molar-refractivity contribution >= 4 is 15.9 Å². The lowest BCUT2D eigenvalue weighted by molar-refractivity contribution is 0.0950. The third-order valence-corrected chi connectivity index (χ3v) is 4.64. The van der Waals surface area contributed by atoms with Gasteiger partial charge in [0.2, 0.25) is 10.0 Å². The average molecular weight is 349 g/mol. The molecule has 1 amide bonds. The van der Waals surface area contributed by atoms with Crippen molar-refractivity contribution in [1.82, 2.24) is 15.0 Å². The van der Waals surface area contributed by atoms with Gasteiger partial charge in [-0.25, -0.2) is 13.1 Å². The van der Waals surface area contributed by atoms with Crippen molar-refractivity contribution in [2.45, 2.75) is 24.5 Å². The SMILES string of the molecule is C[C@@H](O)CNS(=O)(=O)c1ccc(CNC(=O)c2ccncc2)cc1. The zero-order valence-corrected chi connectivity index (χ0v) is 14.0. The number of hydrogen-bond donors (Lipinski definition) is 3. The second-order valence-corrected chi connectivity index (χ2v) is 7.03. The Hall–Kier alpha value is -2.29. The Balaban J connectivity index is 1.96. The molecule has 0 aliphatic rings. The molecule has 0 aliphatic carbocycles. The molecule has 0 saturated heterocycles. The van der Waals surface area contributed by atoms with E-state index in [9.17, 15) is 13.2 Å². The van der Waals surface area contributed by atoms with Crippen LogP contribution in [0.25, 0.3) is 0 Å². The summed E-state index contributed by atoms with van der Waals surface area (Å²) >= 11 is 0. The molecule has 7 nitrogen and oxygen atoms in total. The summed E-state index contributed by atoms with van der Waals surface area (Å²) in [7, 11) is -3.65. The summed E-state index contributed by atoms with van der Waals surface area (Å²) in [5, 5.41) is 11.9. The Kier molecular flexibility index (Phi) is 6.02. The molecule has 0 bridgehead atoms. The standard InChI is InChI=1S/C16H19N3O4S/c1-12(20)10-19-24(22,23)15-4-2-13(3-5-15)11-18-16(21)14-6-8-17-9-7-14/h2-9,12,19-20H,10-11H2,1H3,(H,18,21)/t12-/m1/s1. The molecular formula is C16H19N3O4S. The molecule has 1 heterocycles. The van der Waals surface area contributed by atoms with Crippen molar-refractivity contribution < 1.29 is 18.3 Å². The van der Waals surface area contributed by atoms with Crippen molar-refractivity contribution in [2.24, 2.45) is 0 Å². The minimum absolute atomic E-state index is 0.0495. The summed E-state index contributed by atoms with van der Waals surface area (Å²) in [5.74, 6) is -0.229. The van der Waals surface area contributed by atoms with Gasteiger partial charge in [0.1, 0.15) is 0 Å². The summed E-state index contributed by atoms with van der Waals surface area (Å²) in [4.78, 5) is 15.9. The van der Waals surface area contributed by atoms with Gasteiger partial charge >= 0.3 is 0 Å². The number of hydrogen-bond acceptors (Lipinski definition) is 5. The normalized spacial score (nSPS) is 12.6. The molecule has 0 unspecified atom stereocenters. The average Bonchev–Trinajstić information content (AvgIpc) is 2.59. The number of carbonyl (C=O) groups is 1. The first-order valence-electron chi connectivity index (χ1n) is 7.33. The monoisotopic (exact) mass is 349 g/mol. The van der Waals surface area contributed by atoms with Gasteiger partial charge in [-0.2, -0.15) is 0 Å². The van der Waals surface area contributed by atoms with E-state index >= 15 is 0 Å². The number of aliphatic hydroxyl groups is 1. The number of nitrogens with one attached hydrogen (secondary N) is 2. The lowest BCUT2D eigenvalue weighted by atomic mass is 10.2. The maximum atomic E-state index is 12.0. The van der Waals surface area contributed by atoms with Gasteiger partial charge in [-0.1, -0.05) is 12.1 Å². The number of benzene rings is 1. The van der Waals surface area contributed by atoms with Crippen molar-refractivity contribution in [3.05, 3.63) is 59.9 Å². The smallest absolute Gasteiger partial charge is 0.251 e. The van der Waals surface area contributed by atoms with Gasteiger partial charge in [0, 0.05) is 31.0 Å². The zero-order valence-electron chi connectivity index (χ0n) is 13.1. The Labute approximate surface area is 140 Å². The van der Waals surface area contributed by atoms with Crippen LogP contribution in [0.2, 0.25) is 0 Å². The summed E-state index contributed by atoms with van der Waals surface area (Å²) in [6.07, 6.45) is 2.31. The van der Waals surface area contributed by atoms with Gasteiger partial charge in [-0.3, -0.25) is 9.78 Å². The largest absolute Gasteiger partial charge is 0.392 e. The van der Waals surface area contributed by atoms with Crippen LogP contribution >= 0.6 is 0 Å². The summed E-state index contributed by atoms with van der Waals surface area (Å²) in [5.41, 5.74) is 1.28. The van der Waals surface area contributed by atoms with Gasteiger partial charge in [0.05, 0.1) is 11.0 Å². The van der Waals surface area contributed by atoms with E-state index in [4.69, 9.17) is 5.11 Å². The molecule has 24 heavy (non-hydrogen) atoms. The van der Waals surface area contributed by atoms with E-state index in [0.717, 1.165) is 5.56 Å². The van der Waals surface area contributed by atoms with E-state index in [1.807, 2.05) is 0 Å². The molecule has 0 radical (unpaired) electrons. The fourth-order valence-corrected chi connectivity index (χ4v) is 3.01. The van der Waals surface area contributed by atoms with E-state index < -0.39 is 16.1 Å². The maximum Gasteiger partial charge on any atom is 0.251 e. The van der Waals surface area contributed by atoms with Crippen LogP contribution in [0.5, 0.6) is 0 Å². The van der Waals surface area contributed by atoms with Crippen LogP contribution in [0.1, 0.15) is 22.8 Å². The molecule has 2 rings (SSSR count). The highest BCUT2D eigenvalue weighted by atomic mass is 32.2. The van der Waals surface area contributed by atoms with Gasteiger partial charge in [0.15, 0.2) is 0 Å². The fourth-order valence-electron chi connectivity index (χ4n) is 1.89. The summed E-state index contributed by atoms with van der Waals surface area (Å²) in [6.45, 7) is 1.73. The van der Waals surface area contributed by atoms with E-state index in [1.165, 1.54) is 31.5 Å². The predicted octanol–water partition coefficient (Wildman–Crippen LogP) is 0.671. The number of aromatic nitrogens is 1. The predicted molar refractivity (Wildman–Crippen MR) is 88.7 cm³/mol. The first-order valence-corrected chi connectivity index (χ1v) is 8.82. The van der Waals surface area contributed by atoms with Crippen molar-refractivity contribution in [1.29, 1.82) is 0 Å². The molecule has 8 heteroatoms. The van der Waals surface area contributed by atoms with E-state index in [2.05, 4.69) is 15.0 Å². The van der Waals surface area contributed by atoms with Gasteiger partial charge in [0.25, 0.3) is 5.91 Å². The number of pyridine rings is 1.